The van der Waals surface area contributed by atoms with Gasteiger partial charge in [-0.15, -0.1) is 0 Å². The minimum absolute atomic E-state index is 0.195. The third kappa shape index (κ3) is 3.89. The van der Waals surface area contributed by atoms with Crippen molar-refractivity contribution < 1.29 is 9.53 Å². The molecule has 1 aromatic heterocycles. The van der Waals surface area contributed by atoms with Crippen molar-refractivity contribution in [3.63, 3.8) is 0 Å². The molecule has 0 radical (unpaired) electrons. The highest BCUT2D eigenvalue weighted by Gasteiger charge is 2.21. The second-order valence-corrected chi connectivity index (χ2v) is 6.77. The molecule has 1 aliphatic heterocycles. The number of aromatic nitrogens is 2. The molecular weight excluding hydrogens is 340 g/mol. The molecule has 0 saturated carbocycles. The molecule has 140 valence electrons. The summed E-state index contributed by atoms with van der Waals surface area (Å²) in [6, 6.07) is 16.0. The van der Waals surface area contributed by atoms with E-state index in [1.165, 1.54) is 0 Å². The molecule has 1 saturated heterocycles. The smallest absolute Gasteiger partial charge is 0.223 e. The number of benzene rings is 2. The maximum absolute atomic E-state index is 12.6. The van der Waals surface area contributed by atoms with Crippen molar-refractivity contribution in [1.29, 1.82) is 0 Å². The number of nitrogens with one attached hydrogen (secondary N) is 1. The van der Waals surface area contributed by atoms with Gasteiger partial charge in [0.25, 0.3) is 0 Å². The van der Waals surface area contributed by atoms with E-state index < -0.39 is 0 Å². The van der Waals surface area contributed by atoms with Gasteiger partial charge in [-0.2, -0.15) is 0 Å². The molecule has 0 spiro atoms. The van der Waals surface area contributed by atoms with E-state index in [4.69, 9.17) is 4.74 Å². The summed E-state index contributed by atoms with van der Waals surface area (Å²) in [6.45, 7) is 3.17. The Bertz CT molecular complexity index is 896. The van der Waals surface area contributed by atoms with Crippen LogP contribution in [0.4, 0.5) is 5.69 Å². The molecule has 27 heavy (non-hydrogen) atoms. The fourth-order valence-corrected chi connectivity index (χ4v) is 3.53. The Kier molecular flexibility index (Phi) is 4.96. The molecule has 2 heterocycles. The van der Waals surface area contributed by atoms with Crippen LogP contribution in [-0.4, -0.2) is 54.1 Å². The third-order valence-electron chi connectivity index (χ3n) is 5.06. The van der Waals surface area contributed by atoms with Gasteiger partial charge in [-0.3, -0.25) is 4.79 Å². The number of para-hydroxylation sites is 2. The van der Waals surface area contributed by atoms with Gasteiger partial charge in [0, 0.05) is 50.8 Å². The van der Waals surface area contributed by atoms with Gasteiger partial charge >= 0.3 is 0 Å². The predicted octanol–water partition coefficient (Wildman–Crippen LogP) is 2.85. The van der Waals surface area contributed by atoms with Crippen LogP contribution in [0.1, 0.15) is 12.2 Å². The molecular formula is C21H24N4O2. The quantitative estimate of drug-likeness (QED) is 0.756. The number of rotatable bonds is 5. The first kappa shape index (κ1) is 17.4. The minimum Gasteiger partial charge on any atom is -0.497 e. The van der Waals surface area contributed by atoms with E-state index in [0.717, 1.165) is 54.5 Å². The highest BCUT2D eigenvalue weighted by Crippen LogP contribution is 2.22. The third-order valence-corrected chi connectivity index (χ3v) is 5.06. The molecule has 2 aromatic carbocycles. The lowest BCUT2D eigenvalue weighted by atomic mass is 10.2. The number of amides is 1. The van der Waals surface area contributed by atoms with E-state index in [1.807, 2.05) is 47.4 Å². The molecule has 6 heteroatoms. The van der Waals surface area contributed by atoms with Crippen molar-refractivity contribution in [2.45, 2.75) is 12.8 Å². The number of imidazole rings is 1. The average molecular weight is 364 g/mol. The summed E-state index contributed by atoms with van der Waals surface area (Å²) in [5.41, 5.74) is 3.11. The molecule has 0 atom stereocenters. The second-order valence-electron chi connectivity index (χ2n) is 6.77. The number of hydrogen-bond acceptors (Lipinski definition) is 4. The molecule has 1 aliphatic rings. The van der Waals surface area contributed by atoms with Gasteiger partial charge in [0.2, 0.25) is 5.91 Å². The van der Waals surface area contributed by atoms with Crippen LogP contribution in [-0.2, 0) is 11.2 Å². The average Bonchev–Trinajstić information content (AvgIpc) is 3.15. The topological polar surface area (TPSA) is 61.5 Å². The van der Waals surface area contributed by atoms with Gasteiger partial charge in [0.05, 0.1) is 18.1 Å². The number of nitrogens with zero attached hydrogens (tertiary/aromatic N) is 3. The number of anilines is 1. The summed E-state index contributed by atoms with van der Waals surface area (Å²) in [7, 11) is 1.68. The van der Waals surface area contributed by atoms with Crippen molar-refractivity contribution >= 4 is 22.6 Å². The van der Waals surface area contributed by atoms with E-state index in [1.54, 1.807) is 7.11 Å². The van der Waals surface area contributed by atoms with Crippen LogP contribution >= 0.6 is 0 Å². The van der Waals surface area contributed by atoms with E-state index in [2.05, 4.69) is 20.9 Å². The lowest BCUT2D eigenvalue weighted by Gasteiger charge is -2.36. The summed E-state index contributed by atoms with van der Waals surface area (Å²) in [5.74, 6) is 1.93. The highest BCUT2D eigenvalue weighted by atomic mass is 16.5. The van der Waals surface area contributed by atoms with Gasteiger partial charge in [-0.05, 0) is 24.3 Å². The lowest BCUT2D eigenvalue weighted by Crippen LogP contribution is -2.48. The zero-order valence-corrected chi connectivity index (χ0v) is 15.5. The van der Waals surface area contributed by atoms with Crippen LogP contribution in [0.2, 0.25) is 0 Å². The molecule has 1 amide bonds. The Morgan fingerprint density at radius 2 is 1.93 bits per heavy atom. The number of methoxy groups -OCH3 is 1. The first-order chi connectivity index (χ1) is 13.2. The first-order valence-electron chi connectivity index (χ1n) is 9.33. The lowest BCUT2D eigenvalue weighted by molar-refractivity contribution is -0.131. The second kappa shape index (κ2) is 7.70. The van der Waals surface area contributed by atoms with Crippen molar-refractivity contribution in [1.82, 2.24) is 14.9 Å². The zero-order valence-electron chi connectivity index (χ0n) is 15.5. The Labute approximate surface area is 158 Å². The van der Waals surface area contributed by atoms with Crippen molar-refractivity contribution in [2.75, 3.05) is 38.2 Å². The number of aryl methyl sites for hydroxylation is 1. The molecule has 6 nitrogen and oxygen atoms in total. The van der Waals surface area contributed by atoms with Gasteiger partial charge in [-0.1, -0.05) is 18.2 Å². The van der Waals surface area contributed by atoms with Gasteiger partial charge < -0.3 is 19.5 Å². The van der Waals surface area contributed by atoms with Crippen LogP contribution < -0.4 is 9.64 Å². The number of carbonyl (C=O) groups is 1. The maximum atomic E-state index is 12.6. The van der Waals surface area contributed by atoms with E-state index in [-0.39, 0.29) is 5.91 Å². The Morgan fingerprint density at radius 1 is 1.11 bits per heavy atom. The number of aromatic amines is 1. The summed E-state index contributed by atoms with van der Waals surface area (Å²) >= 11 is 0. The number of carbonyl (C=O) groups excluding carboxylic acids is 1. The SMILES string of the molecule is COc1cccc(N2CCN(C(=O)CCc3nc4ccccc4[nH]3)CC2)c1. The first-order valence-corrected chi connectivity index (χ1v) is 9.33. The zero-order chi connectivity index (χ0) is 18.6. The van der Waals surface area contributed by atoms with Crippen LogP contribution in [0.5, 0.6) is 5.75 Å². The summed E-state index contributed by atoms with van der Waals surface area (Å²) < 4.78 is 5.30. The Balaban J connectivity index is 1.30. The number of fused-ring (bicyclic) bond motifs is 1. The molecule has 0 unspecified atom stereocenters. The molecule has 4 rings (SSSR count). The summed E-state index contributed by atoms with van der Waals surface area (Å²) in [6.07, 6.45) is 1.13. The van der Waals surface area contributed by atoms with Gasteiger partial charge in [-0.25, -0.2) is 4.98 Å². The largest absolute Gasteiger partial charge is 0.497 e. The van der Waals surface area contributed by atoms with Gasteiger partial charge in [0.15, 0.2) is 0 Å². The van der Waals surface area contributed by atoms with E-state index in [9.17, 15) is 4.79 Å². The number of ether oxygens (including phenoxy) is 1. The number of piperazine rings is 1. The summed E-state index contributed by atoms with van der Waals surface area (Å²) in [4.78, 5) is 24.7. The number of hydrogen-bond donors (Lipinski definition) is 1. The molecule has 3 aromatic rings. The standard InChI is InChI=1S/C21H24N4O2/c1-27-17-6-4-5-16(15-17)24-11-13-25(14-12-24)21(26)10-9-20-22-18-7-2-3-8-19(18)23-20/h2-8,15H,9-14H2,1H3,(H,22,23). The van der Waals surface area contributed by atoms with Crippen LogP contribution in [0.3, 0.4) is 0 Å². The summed E-state index contributed by atoms with van der Waals surface area (Å²) in [5, 5.41) is 0. The fourth-order valence-electron chi connectivity index (χ4n) is 3.53. The van der Waals surface area contributed by atoms with Crippen molar-refractivity contribution in [3.8, 4) is 5.75 Å². The fraction of sp³-hybridized carbons (Fsp3) is 0.333. The number of H-pyrrole nitrogens is 1. The van der Waals surface area contributed by atoms with Crippen LogP contribution in [0, 0.1) is 0 Å². The Morgan fingerprint density at radius 3 is 2.70 bits per heavy atom. The van der Waals surface area contributed by atoms with Crippen LogP contribution in [0.25, 0.3) is 11.0 Å². The minimum atomic E-state index is 0.195. The van der Waals surface area contributed by atoms with Crippen molar-refractivity contribution in [2.24, 2.45) is 0 Å². The molecule has 1 fully saturated rings. The van der Waals surface area contributed by atoms with Crippen LogP contribution in [0.15, 0.2) is 48.5 Å². The molecule has 1 N–H and O–H groups in total. The Hall–Kier alpha value is -3.02. The monoisotopic (exact) mass is 364 g/mol. The molecule has 0 bridgehead atoms. The van der Waals surface area contributed by atoms with E-state index in [0.29, 0.717) is 12.8 Å². The van der Waals surface area contributed by atoms with Crippen molar-refractivity contribution in [3.05, 3.63) is 54.4 Å². The predicted molar refractivity (Wildman–Crippen MR) is 106 cm³/mol. The highest BCUT2D eigenvalue weighted by molar-refractivity contribution is 5.77. The molecule has 0 aliphatic carbocycles. The normalized spacial score (nSPS) is 14.6. The van der Waals surface area contributed by atoms with E-state index >= 15 is 0 Å². The maximum Gasteiger partial charge on any atom is 0.223 e. The van der Waals surface area contributed by atoms with Gasteiger partial charge in [0.1, 0.15) is 11.6 Å².